The van der Waals surface area contributed by atoms with E-state index in [1.54, 1.807) is 0 Å². The van der Waals surface area contributed by atoms with Crippen LogP contribution in [0.1, 0.15) is 24.9 Å². The highest BCUT2D eigenvalue weighted by Crippen LogP contribution is 2.28. The Balaban J connectivity index is 2.23. The Morgan fingerprint density at radius 2 is 2.20 bits per heavy atom. The SMILES string of the molecule is CCC(N)C(c1ccc(Br)cc1)N1CCOC(C#N)C1. The molecule has 0 aliphatic carbocycles. The van der Waals surface area contributed by atoms with Crippen molar-refractivity contribution in [2.75, 3.05) is 19.7 Å². The second-order valence-corrected chi connectivity index (χ2v) is 5.97. The zero-order chi connectivity index (χ0) is 14.5. The summed E-state index contributed by atoms with van der Waals surface area (Å²) in [6.45, 7) is 4.11. The van der Waals surface area contributed by atoms with Crippen molar-refractivity contribution in [1.82, 2.24) is 4.90 Å². The Morgan fingerprint density at radius 1 is 1.50 bits per heavy atom. The van der Waals surface area contributed by atoms with Gasteiger partial charge in [-0.1, -0.05) is 35.0 Å². The van der Waals surface area contributed by atoms with Gasteiger partial charge in [-0.2, -0.15) is 5.26 Å². The van der Waals surface area contributed by atoms with Crippen LogP contribution in [0, 0.1) is 11.3 Å². The third-order valence-corrected chi connectivity index (χ3v) is 4.25. The summed E-state index contributed by atoms with van der Waals surface area (Å²) >= 11 is 3.46. The fraction of sp³-hybridized carbons (Fsp3) is 0.533. The maximum atomic E-state index is 9.05. The summed E-state index contributed by atoms with van der Waals surface area (Å²) in [6.07, 6.45) is 0.542. The van der Waals surface area contributed by atoms with E-state index in [4.69, 9.17) is 15.7 Å². The van der Waals surface area contributed by atoms with Crippen LogP contribution in [0.3, 0.4) is 0 Å². The monoisotopic (exact) mass is 337 g/mol. The number of rotatable bonds is 4. The second-order valence-electron chi connectivity index (χ2n) is 5.05. The minimum Gasteiger partial charge on any atom is -0.361 e. The lowest BCUT2D eigenvalue weighted by Crippen LogP contribution is -2.49. The van der Waals surface area contributed by atoms with Gasteiger partial charge in [-0.3, -0.25) is 4.90 Å². The van der Waals surface area contributed by atoms with Gasteiger partial charge in [0.25, 0.3) is 0 Å². The first-order chi connectivity index (χ1) is 9.65. The van der Waals surface area contributed by atoms with Crippen molar-refractivity contribution in [3.8, 4) is 6.07 Å². The average Bonchev–Trinajstić information content (AvgIpc) is 2.49. The number of nitrogens with zero attached hydrogens (tertiary/aromatic N) is 2. The fourth-order valence-electron chi connectivity index (χ4n) is 2.61. The molecular formula is C15H20BrN3O. The summed E-state index contributed by atoms with van der Waals surface area (Å²) in [7, 11) is 0. The smallest absolute Gasteiger partial charge is 0.156 e. The first-order valence-electron chi connectivity index (χ1n) is 6.92. The first kappa shape index (κ1) is 15.5. The summed E-state index contributed by atoms with van der Waals surface area (Å²) < 4.78 is 6.48. The number of morpholine rings is 1. The van der Waals surface area contributed by atoms with Crippen molar-refractivity contribution in [1.29, 1.82) is 5.26 Å². The van der Waals surface area contributed by atoms with E-state index in [1.165, 1.54) is 5.56 Å². The molecule has 5 heteroatoms. The minimum absolute atomic E-state index is 0.0496. The van der Waals surface area contributed by atoms with Gasteiger partial charge in [-0.15, -0.1) is 0 Å². The molecule has 2 N–H and O–H groups in total. The minimum atomic E-state index is -0.356. The Morgan fingerprint density at radius 3 is 2.80 bits per heavy atom. The van der Waals surface area contributed by atoms with Gasteiger partial charge in [0.1, 0.15) is 0 Å². The number of halogens is 1. The number of nitrogens with two attached hydrogens (primary N) is 1. The quantitative estimate of drug-likeness (QED) is 0.916. The van der Waals surface area contributed by atoms with Crippen LogP contribution in [0.2, 0.25) is 0 Å². The largest absolute Gasteiger partial charge is 0.361 e. The molecule has 1 heterocycles. The van der Waals surface area contributed by atoms with E-state index < -0.39 is 0 Å². The molecule has 20 heavy (non-hydrogen) atoms. The molecule has 0 radical (unpaired) electrons. The van der Waals surface area contributed by atoms with Crippen LogP contribution in [0.15, 0.2) is 28.7 Å². The predicted molar refractivity (Wildman–Crippen MR) is 82.1 cm³/mol. The molecule has 1 fully saturated rings. The highest BCUT2D eigenvalue weighted by atomic mass is 79.9. The molecule has 3 unspecified atom stereocenters. The molecule has 0 aromatic heterocycles. The highest BCUT2D eigenvalue weighted by Gasteiger charge is 2.30. The summed E-state index contributed by atoms with van der Waals surface area (Å²) in [6, 6.07) is 10.6. The number of benzene rings is 1. The van der Waals surface area contributed by atoms with Crippen molar-refractivity contribution < 1.29 is 4.74 Å². The van der Waals surface area contributed by atoms with E-state index in [0.717, 1.165) is 17.4 Å². The summed E-state index contributed by atoms with van der Waals surface area (Å²) in [5.41, 5.74) is 7.52. The van der Waals surface area contributed by atoms with Gasteiger partial charge < -0.3 is 10.5 Å². The standard InChI is InChI=1S/C15H20BrN3O/c1-2-14(18)15(11-3-5-12(16)6-4-11)19-7-8-20-13(9-17)10-19/h3-6,13-15H,2,7-8,10,18H2,1H3. The van der Waals surface area contributed by atoms with Crippen molar-refractivity contribution in [3.05, 3.63) is 34.3 Å². The predicted octanol–water partition coefficient (Wildman–Crippen LogP) is 2.45. The third-order valence-electron chi connectivity index (χ3n) is 3.72. The molecule has 1 aliphatic heterocycles. The number of nitriles is 1. The Hall–Kier alpha value is -0.930. The van der Waals surface area contributed by atoms with Crippen LogP contribution in [0.5, 0.6) is 0 Å². The van der Waals surface area contributed by atoms with Crippen LogP contribution in [-0.4, -0.2) is 36.7 Å². The van der Waals surface area contributed by atoms with E-state index >= 15 is 0 Å². The summed E-state index contributed by atoms with van der Waals surface area (Å²) in [5, 5.41) is 9.05. The topological polar surface area (TPSA) is 62.3 Å². The fourth-order valence-corrected chi connectivity index (χ4v) is 2.88. The highest BCUT2D eigenvalue weighted by molar-refractivity contribution is 9.10. The zero-order valence-electron chi connectivity index (χ0n) is 11.6. The molecule has 0 bridgehead atoms. The molecule has 108 valence electrons. The molecule has 2 rings (SSSR count). The normalized spacial score (nSPS) is 23.0. The van der Waals surface area contributed by atoms with E-state index in [0.29, 0.717) is 13.2 Å². The maximum absolute atomic E-state index is 9.05. The van der Waals surface area contributed by atoms with Crippen LogP contribution < -0.4 is 5.73 Å². The molecule has 0 amide bonds. The molecule has 3 atom stereocenters. The molecule has 0 saturated carbocycles. The van der Waals surface area contributed by atoms with Gasteiger partial charge >= 0.3 is 0 Å². The van der Waals surface area contributed by atoms with E-state index in [1.807, 2.05) is 12.1 Å². The lowest BCUT2D eigenvalue weighted by Gasteiger charge is -2.39. The first-order valence-corrected chi connectivity index (χ1v) is 7.71. The maximum Gasteiger partial charge on any atom is 0.156 e. The number of hydrogen-bond donors (Lipinski definition) is 1. The molecule has 0 spiro atoms. The number of hydrogen-bond acceptors (Lipinski definition) is 4. The van der Waals surface area contributed by atoms with E-state index in [-0.39, 0.29) is 18.2 Å². The molecule has 1 saturated heterocycles. The number of ether oxygens (including phenoxy) is 1. The molecule has 4 nitrogen and oxygen atoms in total. The van der Waals surface area contributed by atoms with E-state index in [2.05, 4.69) is 46.0 Å². The molecule has 1 aromatic carbocycles. The summed E-state index contributed by atoms with van der Waals surface area (Å²) in [4.78, 5) is 2.27. The third kappa shape index (κ3) is 3.58. The van der Waals surface area contributed by atoms with Crippen molar-refractivity contribution in [2.24, 2.45) is 5.73 Å². The van der Waals surface area contributed by atoms with Crippen LogP contribution in [-0.2, 0) is 4.74 Å². The van der Waals surface area contributed by atoms with Crippen LogP contribution in [0.25, 0.3) is 0 Å². The average molecular weight is 338 g/mol. The molecule has 1 aromatic rings. The lowest BCUT2D eigenvalue weighted by atomic mass is 9.95. The van der Waals surface area contributed by atoms with Gasteiger partial charge in [0, 0.05) is 23.6 Å². The lowest BCUT2D eigenvalue weighted by molar-refractivity contribution is -0.0222. The van der Waals surface area contributed by atoms with Gasteiger partial charge in [0.05, 0.1) is 18.7 Å². The van der Waals surface area contributed by atoms with Crippen LogP contribution >= 0.6 is 15.9 Å². The van der Waals surface area contributed by atoms with Crippen LogP contribution in [0.4, 0.5) is 0 Å². The Bertz CT molecular complexity index is 471. The Kier molecular flexibility index (Phi) is 5.55. The van der Waals surface area contributed by atoms with Gasteiger partial charge in [0.15, 0.2) is 6.10 Å². The van der Waals surface area contributed by atoms with Gasteiger partial charge in [-0.05, 0) is 24.1 Å². The second kappa shape index (κ2) is 7.19. The van der Waals surface area contributed by atoms with E-state index in [9.17, 15) is 0 Å². The van der Waals surface area contributed by atoms with Crippen molar-refractivity contribution >= 4 is 15.9 Å². The molecular weight excluding hydrogens is 318 g/mol. The molecule has 1 aliphatic rings. The summed E-state index contributed by atoms with van der Waals surface area (Å²) in [5.74, 6) is 0. The van der Waals surface area contributed by atoms with Crippen molar-refractivity contribution in [2.45, 2.75) is 31.5 Å². The zero-order valence-corrected chi connectivity index (χ0v) is 13.2. The van der Waals surface area contributed by atoms with Gasteiger partial charge in [-0.25, -0.2) is 0 Å². The van der Waals surface area contributed by atoms with Gasteiger partial charge in [0.2, 0.25) is 0 Å². The van der Waals surface area contributed by atoms with Crippen molar-refractivity contribution in [3.63, 3.8) is 0 Å². The Labute approximate surface area is 128 Å².